The Kier molecular flexibility index (Phi) is 6.18. The molecule has 4 aromatic rings. The minimum atomic E-state index is 0. The first-order valence-corrected chi connectivity index (χ1v) is 9.37. The highest BCUT2D eigenvalue weighted by atomic mass is 35.5. The second-order valence-corrected chi connectivity index (χ2v) is 7.33. The van der Waals surface area contributed by atoms with Gasteiger partial charge in [0.05, 0.1) is 11.2 Å². The van der Waals surface area contributed by atoms with Crippen LogP contribution in [0.25, 0.3) is 32.9 Å². The number of rotatable bonds is 5. The molecule has 0 amide bonds. The van der Waals surface area contributed by atoms with Crippen LogP contribution in [0.5, 0.6) is 0 Å². The minimum Gasteiger partial charge on any atom is -0.373 e. The monoisotopic (exact) mass is 391 g/mol. The lowest BCUT2D eigenvalue weighted by atomic mass is 10.0. The van der Waals surface area contributed by atoms with Gasteiger partial charge in [-0.15, -0.1) is 12.4 Å². The number of hydrogen-bond acceptors (Lipinski definition) is 3. The van der Waals surface area contributed by atoms with Crippen LogP contribution in [0.15, 0.2) is 72.8 Å². The van der Waals surface area contributed by atoms with Crippen LogP contribution in [-0.2, 0) is 0 Å². The maximum absolute atomic E-state index is 4.95. The first-order valence-electron chi connectivity index (χ1n) is 9.37. The number of aromatic nitrogens is 1. The molecule has 4 rings (SSSR count). The molecular formula is C24H26ClN3. The molecule has 0 aliphatic heterocycles. The molecule has 3 aromatic carbocycles. The number of likely N-dealkylation sites (N-methyl/N-ethyl adjacent to an activating group) is 2. The van der Waals surface area contributed by atoms with E-state index in [1.54, 1.807) is 0 Å². The molecule has 3 nitrogen and oxygen atoms in total. The van der Waals surface area contributed by atoms with E-state index < -0.39 is 0 Å². The maximum atomic E-state index is 4.95. The van der Waals surface area contributed by atoms with E-state index in [9.17, 15) is 0 Å². The first kappa shape index (κ1) is 20.1. The molecule has 144 valence electrons. The summed E-state index contributed by atoms with van der Waals surface area (Å²) < 4.78 is 0. The lowest BCUT2D eigenvalue weighted by Gasteiger charge is -2.23. The zero-order chi connectivity index (χ0) is 18.8. The molecule has 0 saturated carbocycles. The average Bonchev–Trinajstić information content (AvgIpc) is 2.70. The number of halogens is 1. The van der Waals surface area contributed by atoms with Crippen LogP contribution in [0.2, 0.25) is 0 Å². The molecule has 0 radical (unpaired) electrons. The molecule has 1 aromatic heterocycles. The van der Waals surface area contributed by atoms with E-state index in [1.165, 1.54) is 21.8 Å². The van der Waals surface area contributed by atoms with Gasteiger partial charge in [0.1, 0.15) is 0 Å². The molecule has 0 atom stereocenters. The summed E-state index contributed by atoms with van der Waals surface area (Å²) in [5.41, 5.74) is 4.44. The van der Waals surface area contributed by atoms with E-state index in [-0.39, 0.29) is 12.4 Å². The van der Waals surface area contributed by atoms with Crippen LogP contribution in [-0.4, -0.2) is 44.1 Å². The van der Waals surface area contributed by atoms with Gasteiger partial charge < -0.3 is 9.80 Å². The third-order valence-corrected chi connectivity index (χ3v) is 5.03. The summed E-state index contributed by atoms with van der Waals surface area (Å²) in [6, 6.07) is 25.7. The van der Waals surface area contributed by atoms with Crippen molar-refractivity contribution in [3.8, 4) is 11.3 Å². The standard InChI is InChI=1S/C24H25N3.ClH/c1-26(2)14-15-27(3)24-17-23(25-22-11-7-6-10-21(22)24)20-13-12-18-8-4-5-9-19(18)16-20;/h4-13,16-17H,14-15H2,1-3H3;1H. The number of fused-ring (bicyclic) bond motifs is 2. The molecule has 1 heterocycles. The van der Waals surface area contributed by atoms with Gasteiger partial charge in [0.15, 0.2) is 0 Å². The predicted molar refractivity (Wildman–Crippen MR) is 124 cm³/mol. The van der Waals surface area contributed by atoms with Crippen molar-refractivity contribution in [1.29, 1.82) is 0 Å². The van der Waals surface area contributed by atoms with Crippen LogP contribution in [0.1, 0.15) is 0 Å². The van der Waals surface area contributed by atoms with E-state index in [4.69, 9.17) is 4.98 Å². The normalized spacial score (nSPS) is 11.0. The summed E-state index contributed by atoms with van der Waals surface area (Å²) >= 11 is 0. The van der Waals surface area contributed by atoms with Crippen molar-refractivity contribution < 1.29 is 0 Å². The van der Waals surface area contributed by atoms with Gasteiger partial charge in [0.2, 0.25) is 0 Å². The Balaban J connectivity index is 0.00000225. The van der Waals surface area contributed by atoms with Gasteiger partial charge in [-0.05, 0) is 43.1 Å². The van der Waals surface area contributed by atoms with Crippen LogP contribution in [0.4, 0.5) is 5.69 Å². The summed E-state index contributed by atoms with van der Waals surface area (Å²) in [6.45, 7) is 1.98. The number of nitrogens with zero attached hydrogens (tertiary/aromatic N) is 3. The summed E-state index contributed by atoms with van der Waals surface area (Å²) in [7, 11) is 6.38. The fourth-order valence-electron chi connectivity index (χ4n) is 3.44. The smallest absolute Gasteiger partial charge is 0.0730 e. The summed E-state index contributed by atoms with van der Waals surface area (Å²) in [5, 5.41) is 3.70. The van der Waals surface area contributed by atoms with Crippen molar-refractivity contribution in [3.63, 3.8) is 0 Å². The zero-order valence-corrected chi connectivity index (χ0v) is 17.4. The molecule has 0 N–H and O–H groups in total. The predicted octanol–water partition coefficient (Wildman–Crippen LogP) is 5.47. The Bertz CT molecular complexity index is 1090. The Morgan fingerprint density at radius 3 is 2.25 bits per heavy atom. The van der Waals surface area contributed by atoms with Crippen molar-refractivity contribution in [2.75, 3.05) is 39.1 Å². The molecule has 28 heavy (non-hydrogen) atoms. The Morgan fingerprint density at radius 2 is 1.46 bits per heavy atom. The second-order valence-electron chi connectivity index (χ2n) is 7.33. The van der Waals surface area contributed by atoms with E-state index in [2.05, 4.69) is 104 Å². The van der Waals surface area contributed by atoms with Gasteiger partial charge in [0, 0.05) is 36.8 Å². The fourth-order valence-corrected chi connectivity index (χ4v) is 3.44. The Labute approximate surface area is 173 Å². The topological polar surface area (TPSA) is 19.4 Å². The molecular weight excluding hydrogens is 366 g/mol. The SMILES string of the molecule is CN(C)CCN(C)c1cc(-c2ccc3ccccc3c2)nc2ccccc12.Cl. The number of para-hydroxylation sites is 1. The number of pyridine rings is 1. The minimum absolute atomic E-state index is 0. The fraction of sp³-hybridized carbons (Fsp3) is 0.208. The highest BCUT2D eigenvalue weighted by Crippen LogP contribution is 2.31. The van der Waals surface area contributed by atoms with E-state index >= 15 is 0 Å². The third-order valence-electron chi connectivity index (χ3n) is 5.03. The maximum Gasteiger partial charge on any atom is 0.0730 e. The molecule has 0 bridgehead atoms. The van der Waals surface area contributed by atoms with Gasteiger partial charge in [-0.25, -0.2) is 4.98 Å². The molecule has 0 aliphatic rings. The van der Waals surface area contributed by atoms with Crippen molar-refractivity contribution in [2.24, 2.45) is 0 Å². The number of anilines is 1. The summed E-state index contributed by atoms with van der Waals surface area (Å²) in [4.78, 5) is 9.49. The lowest BCUT2D eigenvalue weighted by molar-refractivity contribution is 0.416. The van der Waals surface area contributed by atoms with Crippen LogP contribution in [0.3, 0.4) is 0 Å². The molecule has 0 saturated heterocycles. The van der Waals surface area contributed by atoms with Crippen molar-refractivity contribution in [1.82, 2.24) is 9.88 Å². The molecule has 4 heteroatoms. The van der Waals surface area contributed by atoms with Gasteiger partial charge in [-0.1, -0.05) is 54.6 Å². The number of benzene rings is 3. The Hall–Kier alpha value is -2.62. The van der Waals surface area contributed by atoms with Gasteiger partial charge in [0.25, 0.3) is 0 Å². The van der Waals surface area contributed by atoms with Crippen molar-refractivity contribution in [2.45, 2.75) is 0 Å². The average molecular weight is 392 g/mol. The summed E-state index contributed by atoms with van der Waals surface area (Å²) in [6.07, 6.45) is 0. The molecule has 0 spiro atoms. The van der Waals surface area contributed by atoms with Crippen LogP contribution >= 0.6 is 12.4 Å². The largest absolute Gasteiger partial charge is 0.373 e. The third kappa shape index (κ3) is 4.11. The highest BCUT2D eigenvalue weighted by molar-refractivity contribution is 5.95. The lowest BCUT2D eigenvalue weighted by Crippen LogP contribution is -2.28. The van der Waals surface area contributed by atoms with E-state index in [0.29, 0.717) is 0 Å². The Morgan fingerprint density at radius 1 is 0.750 bits per heavy atom. The zero-order valence-electron chi connectivity index (χ0n) is 16.6. The van der Waals surface area contributed by atoms with Crippen LogP contribution < -0.4 is 4.90 Å². The van der Waals surface area contributed by atoms with Gasteiger partial charge in [-0.2, -0.15) is 0 Å². The van der Waals surface area contributed by atoms with Crippen molar-refractivity contribution in [3.05, 3.63) is 72.8 Å². The molecule has 0 fully saturated rings. The van der Waals surface area contributed by atoms with Crippen LogP contribution in [0, 0.1) is 0 Å². The molecule has 0 unspecified atom stereocenters. The number of hydrogen-bond donors (Lipinski definition) is 0. The van der Waals surface area contributed by atoms with E-state index in [0.717, 1.165) is 29.9 Å². The quantitative estimate of drug-likeness (QED) is 0.449. The second kappa shape index (κ2) is 8.59. The molecule has 0 aliphatic carbocycles. The first-order chi connectivity index (χ1) is 13.1. The van der Waals surface area contributed by atoms with E-state index in [1.807, 2.05) is 0 Å². The van der Waals surface area contributed by atoms with Gasteiger partial charge >= 0.3 is 0 Å². The van der Waals surface area contributed by atoms with Crippen molar-refractivity contribution >= 4 is 39.8 Å². The van der Waals surface area contributed by atoms with Gasteiger partial charge in [-0.3, -0.25) is 0 Å². The highest BCUT2D eigenvalue weighted by Gasteiger charge is 2.11. The summed E-state index contributed by atoms with van der Waals surface area (Å²) in [5.74, 6) is 0.